The van der Waals surface area contributed by atoms with Crippen molar-refractivity contribution in [3.8, 4) is 39.3 Å². The average molecular weight is 669 g/mol. The Morgan fingerprint density at radius 2 is 1.12 bits per heavy atom. The number of hydrogen-bond donors (Lipinski definition) is 0. The number of nitrogens with zero attached hydrogens (tertiary/aromatic N) is 2. The third-order valence-electron chi connectivity index (χ3n) is 10.2. The van der Waals surface area contributed by atoms with Crippen LogP contribution in [0, 0.1) is 0 Å². The van der Waals surface area contributed by atoms with E-state index in [4.69, 9.17) is 9.40 Å². The van der Waals surface area contributed by atoms with Crippen LogP contribution in [0.25, 0.3) is 103 Å². The maximum absolute atomic E-state index is 6.35. The van der Waals surface area contributed by atoms with Crippen molar-refractivity contribution < 1.29 is 4.42 Å². The molecule has 0 N–H and O–H groups in total. The molecule has 4 aromatic heterocycles. The predicted octanol–water partition coefficient (Wildman–Crippen LogP) is 13.4. The molecule has 7 aromatic carbocycles. The second-order valence-electron chi connectivity index (χ2n) is 13.2. The van der Waals surface area contributed by atoms with Gasteiger partial charge in [0.2, 0.25) is 0 Å². The highest BCUT2D eigenvalue weighted by Crippen LogP contribution is 2.41. The van der Waals surface area contributed by atoms with Crippen LogP contribution < -0.4 is 0 Å². The van der Waals surface area contributed by atoms with E-state index in [9.17, 15) is 0 Å². The van der Waals surface area contributed by atoms with Gasteiger partial charge in [-0.05, 0) is 82.9 Å². The summed E-state index contributed by atoms with van der Waals surface area (Å²) >= 11 is 1.86. The largest absolute Gasteiger partial charge is 0.456 e. The summed E-state index contributed by atoms with van der Waals surface area (Å²) in [6.45, 7) is 0. The molecule has 0 saturated carbocycles. The first kappa shape index (κ1) is 28.4. The third kappa shape index (κ3) is 4.47. The lowest BCUT2D eigenvalue weighted by Crippen LogP contribution is -2.00. The predicted molar refractivity (Wildman–Crippen MR) is 215 cm³/mol. The van der Waals surface area contributed by atoms with Crippen LogP contribution in [0.3, 0.4) is 0 Å². The van der Waals surface area contributed by atoms with E-state index in [2.05, 4.69) is 162 Å². The number of hydrogen-bond acceptors (Lipinski definition) is 3. The van der Waals surface area contributed by atoms with Crippen LogP contribution in [-0.4, -0.2) is 9.55 Å². The Bertz CT molecular complexity index is 3150. The van der Waals surface area contributed by atoms with Gasteiger partial charge in [0.15, 0.2) is 0 Å². The zero-order valence-electron chi connectivity index (χ0n) is 27.4. The van der Waals surface area contributed by atoms with Gasteiger partial charge >= 0.3 is 0 Å². The number of pyridine rings is 1. The van der Waals surface area contributed by atoms with E-state index in [0.29, 0.717) is 0 Å². The molecule has 0 aliphatic heterocycles. The Kier molecular flexibility index (Phi) is 6.12. The lowest BCUT2D eigenvalue weighted by atomic mass is 9.98. The highest BCUT2D eigenvalue weighted by atomic mass is 32.1. The first-order valence-corrected chi connectivity index (χ1v) is 18.0. The van der Waals surface area contributed by atoms with Crippen LogP contribution in [0.5, 0.6) is 0 Å². The van der Waals surface area contributed by atoms with Gasteiger partial charge in [0.05, 0.1) is 16.7 Å². The van der Waals surface area contributed by atoms with Crippen LogP contribution in [0.1, 0.15) is 0 Å². The van der Waals surface area contributed by atoms with Crippen molar-refractivity contribution in [2.75, 3.05) is 0 Å². The second-order valence-corrected chi connectivity index (χ2v) is 14.3. The fraction of sp³-hybridized carbons (Fsp3) is 0. The number of furan rings is 1. The molecule has 11 rings (SSSR count). The van der Waals surface area contributed by atoms with Crippen molar-refractivity contribution in [3.05, 3.63) is 170 Å². The maximum Gasteiger partial charge on any atom is 0.138 e. The van der Waals surface area contributed by atoms with Crippen LogP contribution in [0.2, 0.25) is 0 Å². The molecule has 0 amide bonds. The number of benzene rings is 7. The van der Waals surface area contributed by atoms with Crippen molar-refractivity contribution in [2.24, 2.45) is 0 Å². The number of aromatic nitrogens is 2. The van der Waals surface area contributed by atoms with E-state index in [1.807, 2.05) is 23.5 Å². The molecule has 0 aliphatic rings. The molecule has 0 unspecified atom stereocenters. The Labute approximate surface area is 297 Å². The average Bonchev–Trinajstić information content (AvgIpc) is 3.86. The van der Waals surface area contributed by atoms with Crippen molar-refractivity contribution in [2.45, 2.75) is 0 Å². The highest BCUT2D eigenvalue weighted by Gasteiger charge is 2.19. The monoisotopic (exact) mass is 668 g/mol. The molecular formula is C47H28N2OS. The summed E-state index contributed by atoms with van der Waals surface area (Å²) in [5, 5.41) is 7.24. The summed E-state index contributed by atoms with van der Waals surface area (Å²) < 4.78 is 11.3. The van der Waals surface area contributed by atoms with E-state index < -0.39 is 0 Å². The van der Waals surface area contributed by atoms with Gasteiger partial charge in [0, 0.05) is 47.3 Å². The van der Waals surface area contributed by atoms with Gasteiger partial charge in [-0.25, -0.2) is 4.98 Å². The van der Waals surface area contributed by atoms with Crippen LogP contribution in [0.15, 0.2) is 174 Å². The lowest BCUT2D eigenvalue weighted by Gasteiger charge is -2.14. The quantitative estimate of drug-likeness (QED) is 0.187. The molecule has 0 aliphatic carbocycles. The van der Waals surface area contributed by atoms with Crippen molar-refractivity contribution in [1.82, 2.24) is 9.55 Å². The Morgan fingerprint density at radius 3 is 2.02 bits per heavy atom. The zero-order valence-corrected chi connectivity index (χ0v) is 28.2. The van der Waals surface area contributed by atoms with Crippen molar-refractivity contribution >= 4 is 75.3 Å². The van der Waals surface area contributed by atoms with Gasteiger partial charge in [-0.3, -0.25) is 4.57 Å². The molecular weight excluding hydrogens is 641 g/mol. The molecule has 3 nitrogen and oxygen atoms in total. The van der Waals surface area contributed by atoms with E-state index in [1.54, 1.807) is 0 Å². The minimum atomic E-state index is 0.858. The van der Waals surface area contributed by atoms with Crippen molar-refractivity contribution in [1.29, 1.82) is 0 Å². The first-order chi connectivity index (χ1) is 25.2. The molecule has 0 fully saturated rings. The highest BCUT2D eigenvalue weighted by molar-refractivity contribution is 7.25. The van der Waals surface area contributed by atoms with Crippen LogP contribution >= 0.6 is 11.3 Å². The van der Waals surface area contributed by atoms with Crippen LogP contribution in [0.4, 0.5) is 0 Å². The number of rotatable bonds is 4. The van der Waals surface area contributed by atoms with E-state index in [-0.39, 0.29) is 0 Å². The fourth-order valence-electron chi connectivity index (χ4n) is 7.77. The molecule has 0 spiro atoms. The van der Waals surface area contributed by atoms with Crippen LogP contribution in [-0.2, 0) is 0 Å². The normalized spacial score (nSPS) is 11.9. The van der Waals surface area contributed by atoms with Gasteiger partial charge in [-0.1, -0.05) is 109 Å². The lowest BCUT2D eigenvalue weighted by molar-refractivity contribution is 0.669. The molecule has 238 valence electrons. The van der Waals surface area contributed by atoms with Gasteiger partial charge in [-0.15, -0.1) is 11.3 Å². The topological polar surface area (TPSA) is 31.0 Å². The maximum atomic E-state index is 6.35. The van der Waals surface area contributed by atoms with Gasteiger partial charge in [0.1, 0.15) is 17.0 Å². The van der Waals surface area contributed by atoms with E-state index in [0.717, 1.165) is 61.2 Å². The molecule has 0 radical (unpaired) electrons. The number of para-hydroxylation sites is 2. The molecule has 0 bridgehead atoms. The van der Waals surface area contributed by atoms with E-state index >= 15 is 0 Å². The molecule has 0 atom stereocenters. The minimum Gasteiger partial charge on any atom is -0.456 e. The fourth-order valence-corrected chi connectivity index (χ4v) is 8.90. The van der Waals surface area contributed by atoms with Gasteiger partial charge < -0.3 is 4.42 Å². The minimum absolute atomic E-state index is 0.858. The molecule has 4 heterocycles. The molecule has 4 heteroatoms. The van der Waals surface area contributed by atoms with Gasteiger partial charge in [0.25, 0.3) is 0 Å². The summed E-state index contributed by atoms with van der Waals surface area (Å²) in [5.74, 6) is 0.877. The summed E-state index contributed by atoms with van der Waals surface area (Å²) in [4.78, 5) is 5.47. The Hall–Kier alpha value is -6.49. The third-order valence-corrected chi connectivity index (χ3v) is 11.3. The van der Waals surface area contributed by atoms with Crippen molar-refractivity contribution in [3.63, 3.8) is 0 Å². The summed E-state index contributed by atoms with van der Waals surface area (Å²) in [6, 6.07) is 60.7. The van der Waals surface area contributed by atoms with E-state index in [1.165, 1.54) is 42.1 Å². The number of fused-ring (bicyclic) bond motifs is 9. The zero-order chi connectivity index (χ0) is 33.5. The van der Waals surface area contributed by atoms with Gasteiger partial charge in [-0.2, -0.15) is 0 Å². The Morgan fingerprint density at radius 1 is 0.392 bits per heavy atom. The summed E-state index contributed by atoms with van der Waals surface area (Å²) in [7, 11) is 0. The molecule has 51 heavy (non-hydrogen) atoms. The SMILES string of the molecule is c1ccc(-c2cccc(-c3cc(-c4ccc5c(c4)oc4ccccc45)nc(-n4c5ccccc5c5cc6sc7ccccc7c6cc54)c3)c2)cc1. The smallest absolute Gasteiger partial charge is 0.138 e. The Balaban J connectivity index is 1.19. The molecule has 0 saturated heterocycles. The second kappa shape index (κ2) is 11.0. The summed E-state index contributed by atoms with van der Waals surface area (Å²) in [6.07, 6.45) is 0. The summed E-state index contributed by atoms with van der Waals surface area (Å²) in [5.41, 5.74) is 10.5. The number of thiophene rings is 1. The standard InChI is InChI=1S/C47H28N2OS/c1-2-11-29(12-3-1)30-13-10-14-31(23-30)33-24-40(32-21-22-36-35-16-5-8-19-43(35)50-44(36)25-32)48-47(26-33)49-41-18-7-4-15-34(41)38-28-46-39(27-42(38)49)37-17-6-9-20-45(37)51-46/h1-28H. The molecule has 11 aromatic rings. The first-order valence-electron chi connectivity index (χ1n) is 17.2.